The van der Waals surface area contributed by atoms with E-state index in [1.807, 2.05) is 12.1 Å². The zero-order chi connectivity index (χ0) is 13.1. The van der Waals surface area contributed by atoms with E-state index in [0.29, 0.717) is 5.56 Å². The molecule has 0 radical (unpaired) electrons. The van der Waals surface area contributed by atoms with Crippen LogP contribution in [0.1, 0.15) is 42.6 Å². The van der Waals surface area contributed by atoms with Crippen molar-refractivity contribution in [1.82, 2.24) is 0 Å². The highest BCUT2D eigenvalue weighted by molar-refractivity contribution is 5.88. The molecule has 1 aliphatic rings. The normalized spacial score (nSPS) is 14.1. The van der Waals surface area contributed by atoms with Crippen molar-refractivity contribution in [3.05, 3.63) is 29.3 Å². The molecule has 0 fully saturated rings. The van der Waals surface area contributed by atoms with Gasteiger partial charge in [-0.05, 0) is 48.9 Å². The van der Waals surface area contributed by atoms with E-state index >= 15 is 0 Å². The molecule has 3 nitrogen and oxygen atoms in total. The Morgan fingerprint density at radius 3 is 2.89 bits per heavy atom. The summed E-state index contributed by atoms with van der Waals surface area (Å²) < 4.78 is 0. The average Bonchev–Trinajstić information content (AvgIpc) is 2.71. The smallest absolute Gasteiger partial charge is 0.335 e. The summed E-state index contributed by atoms with van der Waals surface area (Å²) in [4.78, 5) is 13.3. The summed E-state index contributed by atoms with van der Waals surface area (Å²) in [7, 11) is 0. The first kappa shape index (κ1) is 12.9. The molecule has 1 heterocycles. The van der Waals surface area contributed by atoms with Gasteiger partial charge >= 0.3 is 5.97 Å². The van der Waals surface area contributed by atoms with Crippen molar-refractivity contribution in [2.45, 2.75) is 33.1 Å². The highest BCUT2D eigenvalue weighted by atomic mass is 16.4. The minimum atomic E-state index is -0.837. The van der Waals surface area contributed by atoms with Crippen LogP contribution in [0.25, 0.3) is 0 Å². The largest absolute Gasteiger partial charge is 0.478 e. The van der Waals surface area contributed by atoms with Crippen molar-refractivity contribution in [1.29, 1.82) is 0 Å². The van der Waals surface area contributed by atoms with Crippen LogP contribution < -0.4 is 4.90 Å². The van der Waals surface area contributed by atoms with Crippen LogP contribution in [0.2, 0.25) is 0 Å². The maximum atomic E-state index is 10.9. The molecule has 98 valence electrons. The molecule has 0 aliphatic carbocycles. The molecule has 1 aromatic carbocycles. The van der Waals surface area contributed by atoms with Crippen LogP contribution in [0, 0.1) is 5.92 Å². The van der Waals surface area contributed by atoms with Crippen LogP contribution in [0.5, 0.6) is 0 Å². The van der Waals surface area contributed by atoms with Crippen LogP contribution in [-0.4, -0.2) is 24.2 Å². The SMILES string of the molecule is CC(C)CCCN1CCc2cc(C(=O)O)ccc21. The van der Waals surface area contributed by atoms with Gasteiger partial charge < -0.3 is 10.0 Å². The van der Waals surface area contributed by atoms with E-state index in [0.717, 1.165) is 25.4 Å². The fourth-order valence-electron chi connectivity index (χ4n) is 2.53. The monoisotopic (exact) mass is 247 g/mol. The number of hydrogen-bond donors (Lipinski definition) is 1. The minimum absolute atomic E-state index is 0.401. The van der Waals surface area contributed by atoms with Crippen LogP contribution >= 0.6 is 0 Å². The molecular formula is C15H21NO2. The number of carbonyl (C=O) groups is 1. The Hall–Kier alpha value is -1.51. The van der Waals surface area contributed by atoms with E-state index in [4.69, 9.17) is 5.11 Å². The second kappa shape index (κ2) is 5.42. The zero-order valence-electron chi connectivity index (χ0n) is 11.1. The summed E-state index contributed by atoms with van der Waals surface area (Å²) in [6.07, 6.45) is 3.43. The molecule has 0 unspecified atom stereocenters. The van der Waals surface area contributed by atoms with Gasteiger partial charge in [0.05, 0.1) is 5.56 Å². The van der Waals surface area contributed by atoms with Crippen LogP contribution in [0.3, 0.4) is 0 Å². The molecule has 1 N–H and O–H groups in total. The van der Waals surface area contributed by atoms with Crippen molar-refractivity contribution in [2.24, 2.45) is 5.92 Å². The molecule has 0 aromatic heterocycles. The third kappa shape index (κ3) is 2.84. The second-order valence-electron chi connectivity index (χ2n) is 5.42. The van der Waals surface area contributed by atoms with Gasteiger partial charge in [-0.2, -0.15) is 0 Å². The van der Waals surface area contributed by atoms with E-state index in [2.05, 4.69) is 18.7 Å². The lowest BCUT2D eigenvalue weighted by Crippen LogP contribution is -2.21. The van der Waals surface area contributed by atoms with Gasteiger partial charge in [0.25, 0.3) is 0 Å². The fourth-order valence-corrected chi connectivity index (χ4v) is 2.53. The van der Waals surface area contributed by atoms with Crippen LogP contribution in [0.4, 0.5) is 5.69 Å². The number of fused-ring (bicyclic) bond motifs is 1. The van der Waals surface area contributed by atoms with E-state index in [9.17, 15) is 4.79 Å². The van der Waals surface area contributed by atoms with Crippen molar-refractivity contribution in [3.63, 3.8) is 0 Å². The van der Waals surface area contributed by atoms with Crippen molar-refractivity contribution >= 4 is 11.7 Å². The molecule has 0 saturated carbocycles. The molecule has 0 amide bonds. The number of benzene rings is 1. The molecule has 3 heteroatoms. The van der Waals surface area contributed by atoms with Crippen LogP contribution in [0.15, 0.2) is 18.2 Å². The van der Waals surface area contributed by atoms with Gasteiger partial charge in [0.15, 0.2) is 0 Å². The number of hydrogen-bond acceptors (Lipinski definition) is 2. The topological polar surface area (TPSA) is 40.5 Å². The Balaban J connectivity index is 2.02. The van der Waals surface area contributed by atoms with Crippen molar-refractivity contribution < 1.29 is 9.90 Å². The summed E-state index contributed by atoms with van der Waals surface area (Å²) in [6.45, 7) is 6.60. The van der Waals surface area contributed by atoms with Crippen molar-refractivity contribution in [3.8, 4) is 0 Å². The summed E-state index contributed by atoms with van der Waals surface area (Å²) in [5.41, 5.74) is 2.81. The predicted molar refractivity (Wildman–Crippen MR) is 73.4 cm³/mol. The van der Waals surface area contributed by atoms with Gasteiger partial charge in [0, 0.05) is 18.8 Å². The summed E-state index contributed by atoms with van der Waals surface area (Å²) >= 11 is 0. The molecular weight excluding hydrogens is 226 g/mol. The number of anilines is 1. The van der Waals surface area contributed by atoms with Gasteiger partial charge in [0.2, 0.25) is 0 Å². The molecule has 2 rings (SSSR count). The van der Waals surface area contributed by atoms with E-state index < -0.39 is 5.97 Å². The lowest BCUT2D eigenvalue weighted by molar-refractivity contribution is 0.0697. The maximum Gasteiger partial charge on any atom is 0.335 e. The Morgan fingerprint density at radius 1 is 1.44 bits per heavy atom. The van der Waals surface area contributed by atoms with Gasteiger partial charge in [-0.3, -0.25) is 0 Å². The Bertz CT molecular complexity index is 440. The predicted octanol–water partition coefficient (Wildman–Crippen LogP) is 3.18. The van der Waals surface area contributed by atoms with Gasteiger partial charge in [0.1, 0.15) is 0 Å². The molecule has 1 aromatic rings. The van der Waals surface area contributed by atoms with E-state index in [-0.39, 0.29) is 0 Å². The second-order valence-corrected chi connectivity index (χ2v) is 5.42. The lowest BCUT2D eigenvalue weighted by Gasteiger charge is -2.19. The maximum absolute atomic E-state index is 10.9. The fraction of sp³-hybridized carbons (Fsp3) is 0.533. The lowest BCUT2D eigenvalue weighted by atomic mass is 10.1. The number of carboxylic acid groups (broad SMARTS) is 1. The average molecular weight is 247 g/mol. The molecule has 0 atom stereocenters. The first-order valence-corrected chi connectivity index (χ1v) is 6.69. The zero-order valence-corrected chi connectivity index (χ0v) is 11.1. The summed E-state index contributed by atoms with van der Waals surface area (Å²) in [6, 6.07) is 5.49. The van der Waals surface area contributed by atoms with Gasteiger partial charge in [-0.1, -0.05) is 13.8 Å². The third-order valence-corrected chi connectivity index (χ3v) is 3.53. The number of carboxylic acids is 1. The Kier molecular flexibility index (Phi) is 3.90. The Morgan fingerprint density at radius 2 is 2.22 bits per heavy atom. The third-order valence-electron chi connectivity index (χ3n) is 3.53. The summed E-state index contributed by atoms with van der Waals surface area (Å²) in [5, 5.41) is 8.97. The molecule has 0 spiro atoms. The van der Waals surface area contributed by atoms with E-state index in [1.165, 1.54) is 24.1 Å². The highest BCUT2D eigenvalue weighted by Gasteiger charge is 2.19. The van der Waals surface area contributed by atoms with Gasteiger partial charge in [-0.15, -0.1) is 0 Å². The summed E-state index contributed by atoms with van der Waals surface area (Å²) in [5.74, 6) is -0.0856. The standard InChI is InChI=1S/C15H21NO2/c1-11(2)4-3-8-16-9-7-12-10-13(15(17)18)5-6-14(12)16/h5-6,10-11H,3-4,7-9H2,1-2H3,(H,17,18). The number of rotatable bonds is 5. The molecule has 0 saturated heterocycles. The van der Waals surface area contributed by atoms with Crippen molar-refractivity contribution in [2.75, 3.05) is 18.0 Å². The first-order valence-electron chi connectivity index (χ1n) is 6.69. The van der Waals surface area contributed by atoms with E-state index in [1.54, 1.807) is 6.07 Å². The minimum Gasteiger partial charge on any atom is -0.478 e. The first-order chi connectivity index (χ1) is 8.58. The van der Waals surface area contributed by atoms with Crippen LogP contribution in [-0.2, 0) is 6.42 Å². The molecule has 1 aliphatic heterocycles. The Labute approximate surface area is 108 Å². The quantitative estimate of drug-likeness (QED) is 0.868. The van der Waals surface area contributed by atoms with Gasteiger partial charge in [-0.25, -0.2) is 4.79 Å². The highest BCUT2D eigenvalue weighted by Crippen LogP contribution is 2.29. The number of aromatic carboxylic acids is 1. The molecule has 18 heavy (non-hydrogen) atoms. The molecule has 0 bridgehead atoms. The number of nitrogens with zero attached hydrogens (tertiary/aromatic N) is 1.